The molecule has 10 heteroatoms. The zero-order chi connectivity index (χ0) is 26.1. The smallest absolute Gasteiger partial charge is 0.190 e. The third-order valence-corrected chi connectivity index (χ3v) is 5.89. The predicted molar refractivity (Wildman–Crippen MR) is 132 cm³/mol. The monoisotopic (exact) mass is 476 g/mol. The summed E-state index contributed by atoms with van der Waals surface area (Å²) in [7, 11) is 0. The molecule has 0 aromatic carbocycles. The predicted octanol–water partition coefficient (Wildman–Crippen LogP) is 4.30. The van der Waals surface area contributed by atoms with Crippen LogP contribution in [0, 0.1) is 5.92 Å². The normalized spacial score (nSPS) is 18.0. The highest BCUT2D eigenvalue weighted by Gasteiger charge is 2.28. The maximum absolute atomic E-state index is 11.4. The number of nitrogens with zero attached hydrogens (tertiary/aromatic N) is 6. The number of ketones is 2. The number of thiocarbonyl (C=S) groups is 2. The Morgan fingerprint density at radius 2 is 1.35 bits per heavy atom. The first kappa shape index (κ1) is 20.1. The minimum absolute atomic E-state index is 0. The number of hydrogen-bond donors (Lipinski definition) is 0. The van der Waals surface area contributed by atoms with Gasteiger partial charge in [0.25, 0.3) is 0 Å². The molecule has 0 aliphatic heterocycles. The molecule has 3 heterocycles. The van der Waals surface area contributed by atoms with Gasteiger partial charge in [-0.25, -0.2) is 15.0 Å². The summed E-state index contributed by atoms with van der Waals surface area (Å²) in [6.45, 7) is 0. The Hall–Kier alpha value is -2.85. The third kappa shape index (κ3) is 6.56. The molecular formula is C21H32N6O2S2. The molecule has 5 rings (SSSR count). The second-order valence-corrected chi connectivity index (χ2v) is 7.97. The van der Waals surface area contributed by atoms with Crippen LogP contribution in [0.1, 0.15) is 53.7 Å². The lowest BCUT2D eigenvalue weighted by Crippen LogP contribution is -2.22. The Morgan fingerprint density at radius 3 is 1.71 bits per heavy atom. The fraction of sp³-hybridized carbons (Fsp3) is 0.381. The molecule has 1 atom stereocenters. The zero-order valence-corrected chi connectivity index (χ0v) is 18.7. The lowest BCUT2D eigenvalue weighted by atomic mass is 10.1. The van der Waals surface area contributed by atoms with E-state index in [-0.39, 0.29) is 14.6 Å². The van der Waals surface area contributed by atoms with Gasteiger partial charge in [-0.1, -0.05) is 12.2 Å². The maximum Gasteiger partial charge on any atom is 0.190 e. The molecular weight excluding hydrogens is 432 g/mol. The largest absolute Gasteiger partial charge is 0.300 e. The number of rotatable bonds is 1. The Balaban J connectivity index is 0. The van der Waals surface area contributed by atoms with Crippen molar-refractivity contribution in [1.82, 2.24) is 28.7 Å². The van der Waals surface area contributed by atoms with Crippen molar-refractivity contribution in [2.24, 2.45) is 5.92 Å². The van der Waals surface area contributed by atoms with Crippen molar-refractivity contribution in [3.8, 4) is 0 Å². The van der Waals surface area contributed by atoms with Crippen molar-refractivity contribution in [1.29, 1.82) is 0 Å². The van der Waals surface area contributed by atoms with Crippen molar-refractivity contribution >= 4 is 46.1 Å². The number of aromatic nitrogens is 6. The summed E-state index contributed by atoms with van der Waals surface area (Å²) in [6, 6.07) is 0. The number of carbonyl (C=O) groups is 2. The van der Waals surface area contributed by atoms with Crippen molar-refractivity contribution in [2.45, 2.75) is 44.9 Å². The molecule has 2 fully saturated rings. The molecule has 0 N–H and O–H groups in total. The van der Waals surface area contributed by atoms with Crippen molar-refractivity contribution in [2.75, 3.05) is 0 Å². The van der Waals surface area contributed by atoms with E-state index in [0.29, 0.717) is 22.3 Å². The topological polar surface area (TPSA) is 87.6 Å². The van der Waals surface area contributed by atoms with E-state index in [9.17, 15) is 9.59 Å². The Labute approximate surface area is 200 Å². The fourth-order valence-electron chi connectivity index (χ4n) is 3.29. The first-order valence-electron chi connectivity index (χ1n) is 12.1. The quantitative estimate of drug-likeness (QED) is 0.484. The van der Waals surface area contributed by atoms with E-state index in [2.05, 4.69) is 15.0 Å². The highest BCUT2D eigenvalue weighted by Crippen LogP contribution is 2.23. The molecule has 0 saturated heterocycles. The van der Waals surface area contributed by atoms with Gasteiger partial charge in [0.1, 0.15) is 24.2 Å². The van der Waals surface area contributed by atoms with E-state index >= 15 is 0 Å². The van der Waals surface area contributed by atoms with Crippen LogP contribution in [0.5, 0.6) is 0 Å². The lowest BCUT2D eigenvalue weighted by Gasteiger charge is -2.09. The Kier molecular flexibility index (Phi) is 7.46. The Bertz CT molecular complexity index is 976. The highest BCUT2D eigenvalue weighted by atomic mass is 32.1. The molecule has 0 spiro atoms. The summed E-state index contributed by atoms with van der Waals surface area (Å²) >= 11 is 10.4. The van der Waals surface area contributed by atoms with Gasteiger partial charge in [-0.15, -0.1) is 0 Å². The summed E-state index contributed by atoms with van der Waals surface area (Å²) in [5.41, 5.74) is 0. The van der Waals surface area contributed by atoms with Crippen LogP contribution in [0.15, 0.2) is 56.2 Å². The van der Waals surface area contributed by atoms with E-state index in [1.54, 1.807) is 69.9 Å². The first-order valence-corrected chi connectivity index (χ1v) is 10.9. The van der Waals surface area contributed by atoms with Crippen LogP contribution in [0.3, 0.4) is 0 Å². The van der Waals surface area contributed by atoms with Gasteiger partial charge in [-0.05, 0) is 37.9 Å². The molecule has 2 saturated carbocycles. The van der Waals surface area contributed by atoms with Crippen LogP contribution in [-0.2, 0) is 9.59 Å². The third-order valence-electron chi connectivity index (χ3n) is 4.97. The lowest BCUT2D eigenvalue weighted by molar-refractivity contribution is -0.119. The number of hydrogen-bond acceptors (Lipinski definition) is 7. The molecule has 3 aromatic rings. The van der Waals surface area contributed by atoms with Crippen molar-refractivity contribution in [3.63, 3.8) is 0 Å². The standard InChI is InChI=1S/C9H10N2OS.C7H6N4S.C5H8O.4H2/c12-8-3-1-2-7(8)9(13)11-5-4-10-6-11;12-7(10-3-1-8-5-10)11-4-2-9-6-11;6-5-3-1-2-4-5;;;;/h4-7H,1-3H2;1-6H;1-4H2;4*1H/i;;;2*1+2T;2*1+2. The molecule has 3 aromatic heterocycles. The molecule has 2 aliphatic carbocycles. The summed E-state index contributed by atoms with van der Waals surface area (Å²) < 4.78 is 25.2. The van der Waals surface area contributed by atoms with Crippen LogP contribution in [0.4, 0.5) is 0 Å². The molecule has 1 unspecified atom stereocenters. The van der Waals surface area contributed by atoms with Gasteiger partial charge in [0.2, 0.25) is 0 Å². The van der Waals surface area contributed by atoms with Crippen LogP contribution in [0.2, 0.25) is 0 Å². The van der Waals surface area contributed by atoms with E-state index in [0.717, 1.165) is 38.5 Å². The second kappa shape index (κ2) is 11.5. The zero-order valence-electron chi connectivity index (χ0n) is 21.0. The average Bonchev–Trinajstić information content (AvgIpc) is 3.73. The molecule has 170 valence electrons. The molecule has 0 radical (unpaired) electrons. The molecule has 0 bridgehead atoms. The summed E-state index contributed by atoms with van der Waals surface area (Å²) in [5.74, 6) is 0.679. The summed E-state index contributed by atoms with van der Waals surface area (Å²) in [4.78, 5) is 34.0. The van der Waals surface area contributed by atoms with E-state index in [4.69, 9.17) is 30.4 Å². The van der Waals surface area contributed by atoms with Crippen LogP contribution >= 0.6 is 24.4 Å². The molecule has 8 nitrogen and oxygen atoms in total. The van der Waals surface area contributed by atoms with Gasteiger partial charge < -0.3 is 0 Å². The number of carbonyl (C=O) groups excluding carboxylic acids is 2. The minimum Gasteiger partial charge on any atom is -0.300 e. The van der Waals surface area contributed by atoms with E-state index in [1.165, 1.54) is 0 Å². The van der Waals surface area contributed by atoms with E-state index < -0.39 is 0 Å². The van der Waals surface area contributed by atoms with Gasteiger partial charge in [0.15, 0.2) is 5.11 Å². The van der Waals surface area contributed by atoms with Crippen molar-refractivity contribution < 1.29 is 18.4 Å². The molecule has 0 amide bonds. The molecule has 2 aliphatic rings. The first-order chi connectivity index (χ1) is 17.1. The second-order valence-electron chi connectivity index (χ2n) is 7.19. The summed E-state index contributed by atoms with van der Waals surface area (Å²) in [5, 5.41) is 0.644. The van der Waals surface area contributed by atoms with Gasteiger partial charge in [0, 0.05) is 65.2 Å². The summed E-state index contributed by atoms with van der Waals surface area (Å²) in [6.07, 6.45) is 21.9. The SMILES string of the molecule is O=C1CCCC1.O=C1CCCC1C(=S)n1ccnc1.S=C(n1ccnc1)n1ccnc1.[3HH].[3HH].[3H][3H].[3H][3H]. The van der Waals surface area contributed by atoms with Gasteiger partial charge in [0.05, 0.1) is 17.2 Å². The van der Waals surface area contributed by atoms with Crippen molar-refractivity contribution in [3.05, 3.63) is 56.2 Å². The van der Waals surface area contributed by atoms with Gasteiger partial charge in [-0.2, -0.15) is 0 Å². The van der Waals surface area contributed by atoms with Crippen LogP contribution in [0.25, 0.3) is 0 Å². The number of Topliss-reactive ketones (excluding diaryl/α,β-unsaturated/α-hetero) is 2. The maximum atomic E-state index is 11.4. The minimum atomic E-state index is -0.0517. The van der Waals surface area contributed by atoms with Crippen LogP contribution < -0.4 is 0 Å². The van der Waals surface area contributed by atoms with Gasteiger partial charge >= 0.3 is 0 Å². The Morgan fingerprint density at radius 1 is 0.839 bits per heavy atom. The van der Waals surface area contributed by atoms with Crippen LogP contribution in [-0.4, -0.2) is 50.3 Å². The number of imidazole rings is 3. The fourth-order valence-corrected chi connectivity index (χ4v) is 3.87. The highest BCUT2D eigenvalue weighted by molar-refractivity contribution is 7.80. The van der Waals surface area contributed by atoms with Gasteiger partial charge in [-0.3, -0.25) is 23.3 Å². The molecule has 31 heavy (non-hydrogen) atoms. The van der Waals surface area contributed by atoms with E-state index in [1.807, 2.05) is 0 Å². The average molecular weight is 477 g/mol.